The Hall–Kier alpha value is -1.89. The van der Waals surface area contributed by atoms with Gasteiger partial charge in [-0.1, -0.05) is 0 Å². The Balaban J connectivity index is 1.89. The van der Waals surface area contributed by atoms with Crippen molar-refractivity contribution < 1.29 is 9.63 Å². The molecule has 0 atom stereocenters. The predicted molar refractivity (Wildman–Crippen MR) is 85.5 cm³/mol. The second-order valence-electron chi connectivity index (χ2n) is 6.34. The normalized spacial score (nSPS) is 16.5. The first kappa shape index (κ1) is 16.5. The highest BCUT2D eigenvalue weighted by Gasteiger charge is 2.28. The van der Waals surface area contributed by atoms with Gasteiger partial charge in [-0.15, -0.1) is 5.06 Å². The van der Waals surface area contributed by atoms with E-state index in [1.54, 1.807) is 11.4 Å². The maximum Gasteiger partial charge on any atom is 0.330 e. The Kier molecular flexibility index (Phi) is 5.18. The van der Waals surface area contributed by atoms with Crippen LogP contribution in [0.2, 0.25) is 0 Å². The molecule has 1 fully saturated rings. The molecule has 122 valence electrons. The van der Waals surface area contributed by atoms with Crippen LogP contribution in [-0.2, 0) is 9.63 Å². The summed E-state index contributed by atoms with van der Waals surface area (Å²) in [4.78, 5) is 28.0. The van der Waals surface area contributed by atoms with Crippen LogP contribution in [0.15, 0.2) is 12.4 Å². The van der Waals surface area contributed by atoms with Crippen LogP contribution in [-0.4, -0.2) is 53.7 Å². The number of hydroxylamine groups is 2. The van der Waals surface area contributed by atoms with Crippen molar-refractivity contribution in [1.82, 2.24) is 15.0 Å². The molecule has 0 unspecified atom stereocenters. The molecular formula is C15H25N5O2. The van der Waals surface area contributed by atoms with Gasteiger partial charge >= 0.3 is 5.97 Å². The van der Waals surface area contributed by atoms with Crippen LogP contribution in [0, 0.1) is 5.41 Å². The number of rotatable bonds is 4. The van der Waals surface area contributed by atoms with Gasteiger partial charge in [0.05, 0.1) is 18.5 Å². The molecule has 0 amide bonds. The standard InChI is InChI=1S/C15H25N5O2/c1-5-16-12-10-13(18-11-17-12)19-6-8-20(9-7-19)22-14(21)15(2,3)4/h10-11H,5-9H2,1-4H3,(H,16,17,18). The van der Waals surface area contributed by atoms with Crippen molar-refractivity contribution in [1.29, 1.82) is 0 Å². The fourth-order valence-corrected chi connectivity index (χ4v) is 2.06. The summed E-state index contributed by atoms with van der Waals surface area (Å²) >= 11 is 0. The van der Waals surface area contributed by atoms with Gasteiger partial charge in [-0.25, -0.2) is 14.8 Å². The molecule has 2 heterocycles. The molecule has 2 rings (SSSR count). The Morgan fingerprint density at radius 2 is 1.95 bits per heavy atom. The molecule has 0 saturated carbocycles. The van der Waals surface area contributed by atoms with E-state index in [2.05, 4.69) is 20.2 Å². The summed E-state index contributed by atoms with van der Waals surface area (Å²) in [5.41, 5.74) is -0.482. The van der Waals surface area contributed by atoms with Crippen molar-refractivity contribution in [3.8, 4) is 0 Å². The monoisotopic (exact) mass is 307 g/mol. The first-order valence-corrected chi connectivity index (χ1v) is 7.68. The van der Waals surface area contributed by atoms with Crippen molar-refractivity contribution in [3.63, 3.8) is 0 Å². The topological polar surface area (TPSA) is 70.6 Å². The van der Waals surface area contributed by atoms with Gasteiger partial charge in [-0.2, -0.15) is 0 Å². The number of hydrogen-bond donors (Lipinski definition) is 1. The molecular weight excluding hydrogens is 282 g/mol. The fraction of sp³-hybridized carbons (Fsp3) is 0.667. The third-order valence-electron chi connectivity index (χ3n) is 3.40. The third kappa shape index (κ3) is 4.30. The number of hydrogen-bond acceptors (Lipinski definition) is 7. The molecule has 7 nitrogen and oxygen atoms in total. The lowest BCUT2D eigenvalue weighted by Gasteiger charge is -2.35. The Morgan fingerprint density at radius 3 is 2.55 bits per heavy atom. The van der Waals surface area contributed by atoms with E-state index in [0.29, 0.717) is 13.1 Å². The Bertz CT molecular complexity index is 507. The molecule has 1 saturated heterocycles. The molecule has 0 aromatic carbocycles. The Morgan fingerprint density at radius 1 is 1.27 bits per heavy atom. The van der Waals surface area contributed by atoms with E-state index in [1.165, 1.54) is 0 Å². The molecule has 1 aliphatic heterocycles. The fourth-order valence-electron chi connectivity index (χ4n) is 2.06. The minimum atomic E-state index is -0.482. The zero-order valence-corrected chi connectivity index (χ0v) is 13.8. The van der Waals surface area contributed by atoms with Crippen LogP contribution in [0.5, 0.6) is 0 Å². The van der Waals surface area contributed by atoms with Crippen LogP contribution >= 0.6 is 0 Å². The van der Waals surface area contributed by atoms with Crippen LogP contribution in [0.4, 0.5) is 11.6 Å². The Labute approximate surface area is 131 Å². The predicted octanol–water partition coefficient (Wildman–Crippen LogP) is 1.53. The minimum absolute atomic E-state index is 0.197. The molecule has 1 aromatic heterocycles. The third-order valence-corrected chi connectivity index (χ3v) is 3.40. The molecule has 1 aliphatic rings. The van der Waals surface area contributed by atoms with Gasteiger partial charge in [0.15, 0.2) is 0 Å². The van der Waals surface area contributed by atoms with E-state index in [-0.39, 0.29) is 5.97 Å². The highest BCUT2D eigenvalue weighted by atomic mass is 16.7. The first-order valence-electron chi connectivity index (χ1n) is 7.68. The van der Waals surface area contributed by atoms with Crippen molar-refractivity contribution in [2.24, 2.45) is 5.41 Å². The molecule has 0 radical (unpaired) electrons. The second-order valence-corrected chi connectivity index (χ2v) is 6.34. The lowest BCUT2D eigenvalue weighted by molar-refractivity contribution is -0.201. The summed E-state index contributed by atoms with van der Waals surface area (Å²) in [6.07, 6.45) is 1.57. The van der Waals surface area contributed by atoms with E-state index >= 15 is 0 Å². The van der Waals surface area contributed by atoms with Crippen LogP contribution in [0.3, 0.4) is 0 Å². The average molecular weight is 307 g/mol. The molecule has 0 spiro atoms. The number of aromatic nitrogens is 2. The summed E-state index contributed by atoms with van der Waals surface area (Å²) in [6.45, 7) is 11.3. The molecule has 1 N–H and O–H groups in total. The van der Waals surface area contributed by atoms with Crippen molar-refractivity contribution in [2.45, 2.75) is 27.7 Å². The summed E-state index contributed by atoms with van der Waals surface area (Å²) in [5.74, 6) is 1.53. The quantitative estimate of drug-likeness (QED) is 0.904. The highest BCUT2D eigenvalue weighted by molar-refractivity contribution is 5.75. The number of carbonyl (C=O) groups excluding carboxylic acids is 1. The van der Waals surface area contributed by atoms with E-state index in [1.807, 2.05) is 33.8 Å². The van der Waals surface area contributed by atoms with Crippen molar-refractivity contribution in [2.75, 3.05) is 42.9 Å². The van der Waals surface area contributed by atoms with Crippen LogP contribution in [0.25, 0.3) is 0 Å². The number of anilines is 2. The van der Waals surface area contributed by atoms with E-state index < -0.39 is 5.41 Å². The molecule has 0 aliphatic carbocycles. The van der Waals surface area contributed by atoms with E-state index in [4.69, 9.17) is 4.84 Å². The molecule has 1 aromatic rings. The smallest absolute Gasteiger partial charge is 0.330 e. The van der Waals surface area contributed by atoms with E-state index in [0.717, 1.165) is 31.3 Å². The van der Waals surface area contributed by atoms with Gasteiger partial charge in [-0.3, -0.25) is 0 Å². The number of nitrogens with one attached hydrogen (secondary N) is 1. The van der Waals surface area contributed by atoms with Gasteiger partial charge < -0.3 is 15.1 Å². The van der Waals surface area contributed by atoms with Gasteiger partial charge in [0, 0.05) is 25.7 Å². The molecule has 22 heavy (non-hydrogen) atoms. The minimum Gasteiger partial charge on any atom is -0.370 e. The van der Waals surface area contributed by atoms with Gasteiger partial charge in [0.2, 0.25) is 0 Å². The lowest BCUT2D eigenvalue weighted by Crippen LogP contribution is -2.48. The van der Waals surface area contributed by atoms with Gasteiger partial charge in [0.1, 0.15) is 18.0 Å². The molecule has 0 bridgehead atoms. The highest BCUT2D eigenvalue weighted by Crippen LogP contribution is 2.19. The first-order chi connectivity index (χ1) is 10.4. The number of carbonyl (C=O) groups is 1. The SMILES string of the molecule is CCNc1cc(N2CCN(OC(=O)C(C)(C)C)CC2)ncn1. The summed E-state index contributed by atoms with van der Waals surface area (Å²) < 4.78 is 0. The second kappa shape index (κ2) is 6.91. The maximum absolute atomic E-state index is 11.9. The van der Waals surface area contributed by atoms with E-state index in [9.17, 15) is 4.79 Å². The van der Waals surface area contributed by atoms with Crippen molar-refractivity contribution >= 4 is 17.6 Å². The largest absolute Gasteiger partial charge is 0.370 e. The number of piperazine rings is 1. The van der Waals surface area contributed by atoms with Crippen LogP contribution < -0.4 is 10.2 Å². The average Bonchev–Trinajstić information content (AvgIpc) is 2.48. The zero-order chi connectivity index (χ0) is 16.2. The van der Waals surface area contributed by atoms with Crippen LogP contribution in [0.1, 0.15) is 27.7 Å². The number of nitrogens with zero attached hydrogens (tertiary/aromatic N) is 4. The van der Waals surface area contributed by atoms with Crippen molar-refractivity contribution in [3.05, 3.63) is 12.4 Å². The summed E-state index contributed by atoms with van der Waals surface area (Å²) in [5, 5.41) is 4.91. The molecule has 7 heteroatoms. The zero-order valence-electron chi connectivity index (χ0n) is 13.8. The summed E-state index contributed by atoms with van der Waals surface area (Å²) in [7, 11) is 0. The maximum atomic E-state index is 11.9. The summed E-state index contributed by atoms with van der Waals surface area (Å²) in [6, 6.07) is 1.94. The van der Waals surface area contributed by atoms with Gasteiger partial charge in [0.25, 0.3) is 0 Å². The lowest BCUT2D eigenvalue weighted by atomic mass is 9.98. The van der Waals surface area contributed by atoms with Gasteiger partial charge in [-0.05, 0) is 27.7 Å².